The Morgan fingerprint density at radius 2 is 1.84 bits per heavy atom. The van der Waals surface area contributed by atoms with E-state index in [1.54, 1.807) is 19.2 Å². The molecule has 2 aliphatic rings. The Balaban J connectivity index is 0.00000341. The number of piperidine rings is 1. The fraction of sp³-hybridized carbons (Fsp3) is 0.636. The molecule has 1 aromatic carbocycles. The van der Waals surface area contributed by atoms with Crippen LogP contribution in [0.15, 0.2) is 29.3 Å². The lowest BCUT2D eigenvalue weighted by atomic mass is 9.95. The normalized spacial score (nSPS) is 19.0. The van der Waals surface area contributed by atoms with Crippen LogP contribution in [0.4, 0.5) is 4.39 Å². The number of likely N-dealkylation sites (tertiary alicyclic amines) is 1. The van der Waals surface area contributed by atoms with E-state index in [0.717, 1.165) is 44.0 Å². The highest BCUT2D eigenvalue weighted by Gasteiger charge is 2.30. The van der Waals surface area contributed by atoms with Gasteiger partial charge in [-0.15, -0.1) is 24.0 Å². The first-order valence-corrected chi connectivity index (χ1v) is 10.8. The number of hydrogen-bond acceptors (Lipinski definition) is 4. The molecule has 1 aromatic rings. The molecule has 2 fully saturated rings. The fourth-order valence-corrected chi connectivity index (χ4v) is 3.97. The molecule has 0 radical (unpaired) electrons. The number of hydrogen-bond donors (Lipinski definition) is 1. The molecule has 7 nitrogen and oxygen atoms in total. The molecule has 2 aliphatic heterocycles. The van der Waals surface area contributed by atoms with Crippen LogP contribution in [0.2, 0.25) is 0 Å². The largest absolute Gasteiger partial charge is 0.378 e. The van der Waals surface area contributed by atoms with Crippen LogP contribution in [0.25, 0.3) is 0 Å². The zero-order valence-electron chi connectivity index (χ0n) is 18.4. The van der Waals surface area contributed by atoms with Crippen molar-refractivity contribution in [3.8, 4) is 0 Å². The first kappa shape index (κ1) is 25.8. The number of halogens is 2. The van der Waals surface area contributed by atoms with Crippen molar-refractivity contribution < 1.29 is 18.7 Å². The molecule has 174 valence electrons. The molecule has 31 heavy (non-hydrogen) atoms. The van der Waals surface area contributed by atoms with Crippen LogP contribution in [-0.2, 0) is 14.3 Å². The number of nitrogens with zero attached hydrogens (tertiary/aromatic N) is 3. The monoisotopic (exact) mass is 548 g/mol. The summed E-state index contributed by atoms with van der Waals surface area (Å²) in [6, 6.07) is 6.34. The van der Waals surface area contributed by atoms with E-state index in [1.807, 2.05) is 11.8 Å². The number of carbonyl (C=O) groups is 1. The summed E-state index contributed by atoms with van der Waals surface area (Å²) in [6.45, 7) is 7.50. The van der Waals surface area contributed by atoms with Gasteiger partial charge in [0.1, 0.15) is 11.9 Å². The van der Waals surface area contributed by atoms with E-state index >= 15 is 0 Å². The number of rotatable bonds is 6. The molecule has 0 spiro atoms. The van der Waals surface area contributed by atoms with E-state index in [0.29, 0.717) is 32.8 Å². The van der Waals surface area contributed by atoms with Gasteiger partial charge in [-0.25, -0.2) is 4.39 Å². The molecular weight excluding hydrogens is 514 g/mol. The summed E-state index contributed by atoms with van der Waals surface area (Å²) in [4.78, 5) is 21.7. The van der Waals surface area contributed by atoms with Crippen LogP contribution in [0.1, 0.15) is 31.4 Å². The van der Waals surface area contributed by atoms with Gasteiger partial charge in [0.05, 0.1) is 19.8 Å². The predicted octanol–water partition coefficient (Wildman–Crippen LogP) is 2.67. The van der Waals surface area contributed by atoms with Gasteiger partial charge in [-0.05, 0) is 37.5 Å². The highest BCUT2D eigenvalue weighted by molar-refractivity contribution is 14.0. The highest BCUT2D eigenvalue weighted by atomic mass is 127. The molecule has 0 bridgehead atoms. The van der Waals surface area contributed by atoms with Crippen LogP contribution >= 0.6 is 24.0 Å². The molecule has 0 saturated carbocycles. The Hall–Kier alpha value is -1.46. The van der Waals surface area contributed by atoms with E-state index < -0.39 is 0 Å². The van der Waals surface area contributed by atoms with Crippen molar-refractivity contribution in [2.45, 2.75) is 25.9 Å². The maximum atomic E-state index is 13.2. The Morgan fingerprint density at radius 1 is 1.19 bits per heavy atom. The minimum Gasteiger partial charge on any atom is -0.378 e. The summed E-state index contributed by atoms with van der Waals surface area (Å²) in [7, 11) is 1.64. The van der Waals surface area contributed by atoms with Crippen LogP contribution in [0.5, 0.6) is 0 Å². The molecule has 2 saturated heterocycles. The first-order chi connectivity index (χ1) is 14.6. The fourth-order valence-electron chi connectivity index (χ4n) is 3.97. The second kappa shape index (κ2) is 13.2. The number of amides is 1. The van der Waals surface area contributed by atoms with Crippen LogP contribution in [0.3, 0.4) is 0 Å². The Kier molecular flexibility index (Phi) is 11.0. The molecule has 1 N–H and O–H groups in total. The first-order valence-electron chi connectivity index (χ1n) is 10.8. The van der Waals surface area contributed by atoms with Crippen molar-refractivity contribution in [3.63, 3.8) is 0 Å². The van der Waals surface area contributed by atoms with Crippen molar-refractivity contribution in [2.75, 3.05) is 59.6 Å². The summed E-state index contributed by atoms with van der Waals surface area (Å²) in [5.41, 5.74) is 0.897. The molecule has 1 unspecified atom stereocenters. The second-order valence-corrected chi connectivity index (χ2v) is 7.67. The molecule has 1 amide bonds. The average molecular weight is 548 g/mol. The lowest BCUT2D eigenvalue weighted by Gasteiger charge is -2.36. The van der Waals surface area contributed by atoms with Crippen molar-refractivity contribution in [1.29, 1.82) is 0 Å². The van der Waals surface area contributed by atoms with Gasteiger partial charge in [-0.1, -0.05) is 12.1 Å². The van der Waals surface area contributed by atoms with Gasteiger partial charge in [0.2, 0.25) is 5.91 Å². The van der Waals surface area contributed by atoms with Crippen LogP contribution < -0.4 is 5.32 Å². The van der Waals surface area contributed by atoms with Gasteiger partial charge in [0, 0.05) is 45.8 Å². The Bertz CT molecular complexity index is 705. The van der Waals surface area contributed by atoms with Crippen molar-refractivity contribution >= 4 is 35.8 Å². The molecule has 0 aromatic heterocycles. The number of carbonyl (C=O) groups excluding carboxylic acids is 1. The van der Waals surface area contributed by atoms with Crippen molar-refractivity contribution in [2.24, 2.45) is 10.9 Å². The molecule has 9 heteroatoms. The summed E-state index contributed by atoms with van der Waals surface area (Å²) >= 11 is 0. The maximum absolute atomic E-state index is 13.2. The van der Waals surface area contributed by atoms with Crippen molar-refractivity contribution in [1.82, 2.24) is 15.1 Å². The Labute approximate surface area is 201 Å². The van der Waals surface area contributed by atoms with Gasteiger partial charge in [-0.3, -0.25) is 9.79 Å². The standard InChI is InChI=1S/C22H33FN4O3.HI/c1-3-24-22(25-16-20(29-2)17-4-6-19(23)7-5-17)27-10-8-18(9-11-27)21(28)26-12-14-30-15-13-26;/h4-7,18,20H,3,8-16H2,1-2H3,(H,24,25);1H. The number of methoxy groups -OCH3 is 1. The molecule has 1 atom stereocenters. The maximum Gasteiger partial charge on any atom is 0.225 e. The number of guanidine groups is 1. The van der Waals surface area contributed by atoms with E-state index in [2.05, 4.69) is 10.2 Å². The van der Waals surface area contributed by atoms with Crippen LogP contribution in [-0.4, -0.2) is 81.3 Å². The summed E-state index contributed by atoms with van der Waals surface area (Å²) in [5.74, 6) is 0.905. The predicted molar refractivity (Wildman–Crippen MR) is 129 cm³/mol. The molecular formula is C22H34FIN4O3. The SMILES string of the molecule is CCNC(=NCC(OC)c1ccc(F)cc1)N1CCC(C(=O)N2CCOCC2)CC1.I. The minimum atomic E-state index is -0.264. The zero-order valence-corrected chi connectivity index (χ0v) is 20.7. The summed E-state index contributed by atoms with van der Waals surface area (Å²) in [6.07, 6.45) is 1.41. The molecule has 0 aliphatic carbocycles. The smallest absolute Gasteiger partial charge is 0.225 e. The van der Waals surface area contributed by atoms with E-state index in [-0.39, 0.29) is 47.7 Å². The highest BCUT2D eigenvalue weighted by Crippen LogP contribution is 2.21. The Morgan fingerprint density at radius 3 is 2.42 bits per heavy atom. The molecule has 3 rings (SSSR count). The van der Waals surface area contributed by atoms with Gasteiger partial charge in [0.15, 0.2) is 5.96 Å². The van der Waals surface area contributed by atoms with E-state index in [1.165, 1.54) is 12.1 Å². The minimum absolute atomic E-state index is 0. The third kappa shape index (κ3) is 7.28. The van der Waals surface area contributed by atoms with E-state index in [4.69, 9.17) is 14.5 Å². The van der Waals surface area contributed by atoms with Crippen LogP contribution in [0, 0.1) is 11.7 Å². The topological polar surface area (TPSA) is 66.4 Å². The average Bonchev–Trinajstić information content (AvgIpc) is 2.80. The van der Waals surface area contributed by atoms with E-state index in [9.17, 15) is 9.18 Å². The quantitative estimate of drug-likeness (QED) is 0.337. The second-order valence-electron chi connectivity index (χ2n) is 7.67. The number of benzene rings is 1. The summed E-state index contributed by atoms with van der Waals surface area (Å²) < 4.78 is 24.1. The number of ether oxygens (including phenoxy) is 2. The third-order valence-electron chi connectivity index (χ3n) is 5.73. The number of nitrogens with one attached hydrogen (secondary N) is 1. The van der Waals surface area contributed by atoms with Gasteiger partial charge < -0.3 is 24.6 Å². The zero-order chi connectivity index (χ0) is 21.3. The summed E-state index contributed by atoms with van der Waals surface area (Å²) in [5, 5.41) is 3.35. The number of morpholine rings is 1. The molecule has 2 heterocycles. The van der Waals surface area contributed by atoms with Gasteiger partial charge in [0.25, 0.3) is 0 Å². The van der Waals surface area contributed by atoms with Gasteiger partial charge in [-0.2, -0.15) is 0 Å². The lowest BCUT2D eigenvalue weighted by Crippen LogP contribution is -2.50. The lowest BCUT2D eigenvalue weighted by molar-refractivity contribution is -0.140. The van der Waals surface area contributed by atoms with Gasteiger partial charge >= 0.3 is 0 Å². The third-order valence-corrected chi connectivity index (χ3v) is 5.73. The van der Waals surface area contributed by atoms with Crippen molar-refractivity contribution in [3.05, 3.63) is 35.6 Å². The number of aliphatic imine (C=N–C) groups is 1.